The van der Waals surface area contributed by atoms with E-state index < -0.39 is 120 Å². The number of carboxylic acids is 2. The Morgan fingerprint density at radius 1 is 0.667 bits per heavy atom. The van der Waals surface area contributed by atoms with E-state index in [-0.39, 0.29) is 75.8 Å². The van der Waals surface area contributed by atoms with E-state index in [1.807, 2.05) is 13.8 Å². The van der Waals surface area contributed by atoms with E-state index in [2.05, 4.69) is 36.9 Å². The van der Waals surface area contributed by atoms with E-state index in [4.69, 9.17) is 22.9 Å². The van der Waals surface area contributed by atoms with Crippen LogP contribution in [0.1, 0.15) is 104 Å². The average molecular weight is 973 g/mol. The van der Waals surface area contributed by atoms with Crippen molar-refractivity contribution in [2.45, 2.75) is 154 Å². The number of aliphatic imine (C=N–C) groups is 1. The van der Waals surface area contributed by atoms with Crippen LogP contribution < -0.4 is 54.8 Å². The molecule has 24 heteroatoms. The van der Waals surface area contributed by atoms with Gasteiger partial charge < -0.3 is 69.9 Å². The van der Waals surface area contributed by atoms with E-state index in [0.717, 1.165) is 0 Å². The minimum Gasteiger partial charge on any atom is -0.481 e. The zero-order valence-electron chi connectivity index (χ0n) is 40.0. The Kier molecular flexibility index (Phi) is 24.6. The lowest BCUT2D eigenvalue weighted by Crippen LogP contribution is -2.60. The second-order valence-electron chi connectivity index (χ2n) is 18.0. The molecule has 1 aliphatic heterocycles. The fourth-order valence-corrected chi connectivity index (χ4v) is 7.49. The summed E-state index contributed by atoms with van der Waals surface area (Å²) in [5.41, 5.74) is 22.5. The molecule has 1 fully saturated rings. The van der Waals surface area contributed by atoms with Crippen molar-refractivity contribution in [3.8, 4) is 0 Å². The van der Waals surface area contributed by atoms with Gasteiger partial charge in [-0.3, -0.25) is 48.1 Å². The van der Waals surface area contributed by atoms with Crippen LogP contribution in [0.15, 0.2) is 35.3 Å². The molecular formula is C45H72N12O12. The number of hydrogen-bond acceptors (Lipinski definition) is 12. The van der Waals surface area contributed by atoms with Gasteiger partial charge in [-0.05, 0) is 75.7 Å². The van der Waals surface area contributed by atoms with Gasteiger partial charge >= 0.3 is 11.9 Å². The van der Waals surface area contributed by atoms with E-state index in [9.17, 15) is 58.2 Å². The number of amides is 8. The van der Waals surface area contributed by atoms with Gasteiger partial charge in [-0.1, -0.05) is 58.0 Å². The zero-order chi connectivity index (χ0) is 52.0. The highest BCUT2D eigenvalue weighted by molar-refractivity contribution is 5.98. The first-order chi connectivity index (χ1) is 32.4. The van der Waals surface area contributed by atoms with Crippen LogP contribution in [0.4, 0.5) is 0 Å². The van der Waals surface area contributed by atoms with Crippen LogP contribution in [0.5, 0.6) is 0 Å². The number of hydrogen-bond donors (Lipinski definition) is 12. The molecule has 8 atom stereocenters. The van der Waals surface area contributed by atoms with Gasteiger partial charge in [0.2, 0.25) is 47.3 Å². The maximum absolute atomic E-state index is 14.3. The number of carbonyl (C=O) groups excluding carboxylic acids is 8. The highest BCUT2D eigenvalue weighted by Gasteiger charge is 2.40. The number of rotatable bonds is 30. The first-order valence-electron chi connectivity index (χ1n) is 23.1. The van der Waals surface area contributed by atoms with Gasteiger partial charge in [0, 0.05) is 32.4 Å². The molecule has 0 unspecified atom stereocenters. The third-order valence-corrected chi connectivity index (χ3v) is 11.0. The lowest BCUT2D eigenvalue weighted by molar-refractivity contribution is -0.144. The van der Waals surface area contributed by atoms with E-state index >= 15 is 0 Å². The van der Waals surface area contributed by atoms with Gasteiger partial charge in [0.15, 0.2) is 5.96 Å². The minimum atomic E-state index is -1.52. The number of nitrogens with two attached hydrogens (primary N) is 4. The van der Waals surface area contributed by atoms with Crippen molar-refractivity contribution in [2.75, 3.05) is 13.1 Å². The van der Waals surface area contributed by atoms with Crippen molar-refractivity contribution >= 4 is 65.2 Å². The van der Waals surface area contributed by atoms with Crippen LogP contribution >= 0.6 is 0 Å². The number of benzene rings is 1. The summed E-state index contributed by atoms with van der Waals surface area (Å²) in [6.07, 6.45) is -0.520. The molecule has 0 aromatic heterocycles. The fourth-order valence-electron chi connectivity index (χ4n) is 7.49. The third kappa shape index (κ3) is 21.3. The Morgan fingerprint density at radius 2 is 1.23 bits per heavy atom. The number of aliphatic carboxylic acids is 2. The standard InChI is InChI=1S/C45H72N12O12/c1-24(2)21-28(46)38(62)52-29(15-17-35(47)58)39(63)51-26(5)37(61)55-33(23-27-11-7-6-8-12-27)41(65)53-30(16-18-36(59)60)43(67)57-20-10-14-34(57)42(66)56-32(22-25(3)4)40(64)54-31(44(68)69)13-9-19-50-45(48)49/h6-8,11-12,24-26,28-34H,9-10,13-23,46H2,1-5H3,(H2,47,58)(H,51,63)(H,52,62)(H,53,65)(H,54,64)(H,55,61)(H,56,66)(H,59,60)(H,68,69)(H4,48,49,50)/t26-,28-,29-,30-,31-,32-,33-,34-/m0/s1. The molecule has 8 amide bonds. The Labute approximate surface area is 401 Å². The first-order valence-corrected chi connectivity index (χ1v) is 23.1. The van der Waals surface area contributed by atoms with Crippen molar-refractivity contribution in [1.29, 1.82) is 0 Å². The second-order valence-corrected chi connectivity index (χ2v) is 18.0. The highest BCUT2D eigenvalue weighted by atomic mass is 16.4. The van der Waals surface area contributed by atoms with Gasteiger partial charge in [-0.25, -0.2) is 4.79 Å². The van der Waals surface area contributed by atoms with Gasteiger partial charge in [-0.15, -0.1) is 0 Å². The normalized spacial score (nSPS) is 16.3. The van der Waals surface area contributed by atoms with Gasteiger partial charge in [-0.2, -0.15) is 0 Å². The Hall–Kier alpha value is -6.85. The summed E-state index contributed by atoms with van der Waals surface area (Å²) in [5.74, 6) is -9.18. The number of likely N-dealkylation sites (tertiary alicyclic amines) is 1. The summed E-state index contributed by atoms with van der Waals surface area (Å²) in [7, 11) is 0. The quantitative estimate of drug-likeness (QED) is 0.0222. The number of guanidine groups is 1. The molecule has 0 saturated carbocycles. The first kappa shape index (κ1) is 58.3. The van der Waals surface area contributed by atoms with E-state index in [1.54, 1.807) is 44.2 Å². The van der Waals surface area contributed by atoms with Gasteiger partial charge in [0.1, 0.15) is 42.3 Å². The molecular weight excluding hydrogens is 901 g/mol. The molecule has 1 saturated heterocycles. The minimum absolute atomic E-state index is 0.0181. The number of carboxylic acid groups (broad SMARTS) is 2. The third-order valence-electron chi connectivity index (χ3n) is 11.0. The SMILES string of the molecule is CC(C)C[C@H](NC(=O)[C@@H]1CCCN1C(=O)[C@H](CCC(=O)O)NC(=O)[C@H](Cc1ccccc1)NC(=O)[C@H](C)NC(=O)[C@H](CCC(N)=O)NC(=O)[C@@H](N)CC(C)C)C(=O)N[C@@H](CCCN=C(N)N)C(=O)O. The van der Waals surface area contributed by atoms with Crippen molar-refractivity contribution in [2.24, 2.45) is 39.8 Å². The van der Waals surface area contributed by atoms with Gasteiger partial charge in [0.05, 0.1) is 6.04 Å². The molecule has 384 valence electrons. The summed E-state index contributed by atoms with van der Waals surface area (Å²) in [6, 6.07) is -1.76. The van der Waals surface area contributed by atoms with Crippen molar-refractivity contribution < 1.29 is 58.2 Å². The molecule has 16 N–H and O–H groups in total. The monoisotopic (exact) mass is 973 g/mol. The van der Waals surface area contributed by atoms with E-state index in [1.165, 1.54) is 11.8 Å². The van der Waals surface area contributed by atoms with Crippen LogP contribution in [-0.4, -0.2) is 142 Å². The van der Waals surface area contributed by atoms with Crippen molar-refractivity contribution in [3.63, 3.8) is 0 Å². The molecule has 0 aliphatic carbocycles. The molecule has 1 aliphatic rings. The van der Waals surface area contributed by atoms with Crippen LogP contribution in [0, 0.1) is 11.8 Å². The molecule has 1 aromatic carbocycles. The maximum Gasteiger partial charge on any atom is 0.326 e. The van der Waals surface area contributed by atoms with Crippen molar-refractivity contribution in [3.05, 3.63) is 35.9 Å². The van der Waals surface area contributed by atoms with Crippen LogP contribution in [0.3, 0.4) is 0 Å². The largest absolute Gasteiger partial charge is 0.481 e. The Morgan fingerprint density at radius 3 is 1.81 bits per heavy atom. The lowest BCUT2D eigenvalue weighted by Gasteiger charge is -2.31. The van der Waals surface area contributed by atoms with Crippen LogP contribution in [-0.2, 0) is 54.4 Å². The number of primary amides is 1. The zero-order valence-corrected chi connectivity index (χ0v) is 40.0. The average Bonchev–Trinajstić information content (AvgIpc) is 3.76. The second kappa shape index (κ2) is 29.1. The topological polar surface area (TPSA) is 403 Å². The predicted octanol–water partition coefficient (Wildman–Crippen LogP) is -2.16. The predicted molar refractivity (Wildman–Crippen MR) is 252 cm³/mol. The summed E-state index contributed by atoms with van der Waals surface area (Å²) in [5, 5.41) is 34.7. The molecule has 0 radical (unpaired) electrons. The fraction of sp³-hybridized carbons (Fsp3) is 0.622. The number of nitrogens with zero attached hydrogens (tertiary/aromatic N) is 2. The number of nitrogens with one attached hydrogen (secondary N) is 6. The molecule has 0 spiro atoms. The molecule has 2 rings (SSSR count). The Bertz CT molecular complexity index is 1980. The van der Waals surface area contributed by atoms with Crippen LogP contribution in [0.25, 0.3) is 0 Å². The lowest BCUT2D eigenvalue weighted by atomic mass is 10.0. The van der Waals surface area contributed by atoms with E-state index in [0.29, 0.717) is 18.4 Å². The molecule has 1 heterocycles. The number of carbonyl (C=O) groups is 10. The molecule has 0 bridgehead atoms. The smallest absolute Gasteiger partial charge is 0.326 e. The maximum atomic E-state index is 14.3. The van der Waals surface area contributed by atoms with Gasteiger partial charge in [0.25, 0.3) is 0 Å². The van der Waals surface area contributed by atoms with Crippen LogP contribution in [0.2, 0.25) is 0 Å². The summed E-state index contributed by atoms with van der Waals surface area (Å²) in [6.45, 7) is 8.76. The molecule has 1 aromatic rings. The summed E-state index contributed by atoms with van der Waals surface area (Å²) in [4.78, 5) is 136. The van der Waals surface area contributed by atoms with Crippen molar-refractivity contribution in [1.82, 2.24) is 36.8 Å². The molecule has 24 nitrogen and oxygen atoms in total. The summed E-state index contributed by atoms with van der Waals surface area (Å²) >= 11 is 0. The highest BCUT2D eigenvalue weighted by Crippen LogP contribution is 2.21. The summed E-state index contributed by atoms with van der Waals surface area (Å²) < 4.78 is 0. The Balaban J connectivity index is 2.34. The molecule has 69 heavy (non-hydrogen) atoms.